The molecule has 84 valence electrons. The lowest BCUT2D eigenvalue weighted by Crippen LogP contribution is -2.53. The molecule has 0 aromatic carbocycles. The van der Waals surface area contributed by atoms with Crippen molar-refractivity contribution in [1.82, 2.24) is 0 Å². The van der Waals surface area contributed by atoms with Gasteiger partial charge in [0.1, 0.15) is 6.17 Å². The smallest absolute Gasteiger partial charge is 0.247 e. The highest BCUT2D eigenvalue weighted by atomic mass is 35.7. The number of rotatable bonds is 2. The predicted octanol–water partition coefficient (Wildman–Crippen LogP) is 2.24. The lowest BCUT2D eigenvalue weighted by Gasteiger charge is -2.44. The van der Waals surface area contributed by atoms with Crippen molar-refractivity contribution in [2.75, 3.05) is 5.75 Å². The minimum atomic E-state index is -4.72. The quantitative estimate of drug-likeness (QED) is 0.559. The van der Waals surface area contributed by atoms with E-state index in [1.807, 2.05) is 0 Å². The van der Waals surface area contributed by atoms with E-state index >= 15 is 0 Å². The largest absolute Gasteiger partial charge is 0.395 e. The number of hydrogen-bond acceptors (Lipinski definition) is 2. The molecular formula is C6H7ClF4O2S. The number of hydrogen-bond donors (Lipinski definition) is 0. The molecule has 0 unspecified atom stereocenters. The van der Waals surface area contributed by atoms with Gasteiger partial charge in [0.05, 0.1) is 11.2 Å². The van der Waals surface area contributed by atoms with Gasteiger partial charge in [0, 0.05) is 10.7 Å². The maximum atomic E-state index is 12.4. The topological polar surface area (TPSA) is 34.1 Å². The number of halogens is 5. The van der Waals surface area contributed by atoms with Gasteiger partial charge >= 0.3 is 6.18 Å². The molecular weight excluding hydrogens is 248 g/mol. The third-order valence-corrected chi connectivity index (χ3v) is 3.50. The first-order valence-electron chi connectivity index (χ1n) is 3.69. The highest BCUT2D eigenvalue weighted by molar-refractivity contribution is 8.13. The van der Waals surface area contributed by atoms with Crippen LogP contribution >= 0.6 is 10.7 Å². The Bertz CT molecular complexity index is 317. The number of alkyl halides is 4. The van der Waals surface area contributed by atoms with Crippen LogP contribution in [0.5, 0.6) is 0 Å². The summed E-state index contributed by atoms with van der Waals surface area (Å²) < 4.78 is 70.6. The summed E-state index contributed by atoms with van der Waals surface area (Å²) in [7, 11) is 0.470. The van der Waals surface area contributed by atoms with Gasteiger partial charge in [-0.2, -0.15) is 13.2 Å². The molecule has 14 heavy (non-hydrogen) atoms. The second-order valence-corrected chi connectivity index (χ2v) is 6.24. The molecule has 2 nitrogen and oxygen atoms in total. The van der Waals surface area contributed by atoms with E-state index in [0.717, 1.165) is 0 Å². The summed E-state index contributed by atoms with van der Waals surface area (Å²) in [5, 5.41) is 0. The van der Waals surface area contributed by atoms with Crippen LogP contribution in [-0.2, 0) is 9.05 Å². The summed E-state index contributed by atoms with van der Waals surface area (Å²) in [5.74, 6) is -1.24. The maximum Gasteiger partial charge on any atom is 0.395 e. The SMILES string of the molecule is O=S(=O)(Cl)CC1(C(F)(F)F)CC(F)C1. The molecule has 8 heteroatoms. The fraction of sp³-hybridized carbons (Fsp3) is 1.00. The highest BCUT2D eigenvalue weighted by Crippen LogP contribution is 2.55. The summed E-state index contributed by atoms with van der Waals surface area (Å²) in [4.78, 5) is 0. The molecule has 1 saturated carbocycles. The van der Waals surface area contributed by atoms with E-state index in [4.69, 9.17) is 10.7 Å². The van der Waals surface area contributed by atoms with Crippen LogP contribution < -0.4 is 0 Å². The minimum Gasteiger partial charge on any atom is -0.247 e. The monoisotopic (exact) mass is 254 g/mol. The van der Waals surface area contributed by atoms with Crippen molar-refractivity contribution in [2.24, 2.45) is 5.41 Å². The van der Waals surface area contributed by atoms with Gasteiger partial charge in [0.25, 0.3) is 0 Å². The zero-order chi connectivity index (χ0) is 11.2. The van der Waals surface area contributed by atoms with Crippen LogP contribution in [0.4, 0.5) is 17.6 Å². The zero-order valence-corrected chi connectivity index (χ0v) is 8.39. The van der Waals surface area contributed by atoms with Gasteiger partial charge in [0.15, 0.2) is 0 Å². The Balaban J connectivity index is 2.87. The third kappa shape index (κ3) is 2.31. The van der Waals surface area contributed by atoms with Crippen molar-refractivity contribution in [3.8, 4) is 0 Å². The van der Waals surface area contributed by atoms with Gasteiger partial charge in [-0.25, -0.2) is 12.8 Å². The Morgan fingerprint density at radius 3 is 2.00 bits per heavy atom. The fourth-order valence-corrected chi connectivity index (χ4v) is 3.24. The van der Waals surface area contributed by atoms with Gasteiger partial charge in [-0.05, 0) is 12.8 Å². The highest BCUT2D eigenvalue weighted by Gasteiger charge is 2.63. The molecule has 0 heterocycles. The van der Waals surface area contributed by atoms with Crippen molar-refractivity contribution < 1.29 is 26.0 Å². The Morgan fingerprint density at radius 1 is 1.36 bits per heavy atom. The summed E-state index contributed by atoms with van der Waals surface area (Å²) in [6, 6.07) is 0. The van der Waals surface area contributed by atoms with E-state index in [1.54, 1.807) is 0 Å². The third-order valence-electron chi connectivity index (χ3n) is 2.27. The summed E-state index contributed by atoms with van der Waals surface area (Å²) in [5.41, 5.74) is -2.48. The summed E-state index contributed by atoms with van der Waals surface area (Å²) in [6.45, 7) is 0. The minimum absolute atomic E-state index is 0.817. The van der Waals surface area contributed by atoms with Gasteiger partial charge in [-0.3, -0.25) is 0 Å². The molecule has 1 fully saturated rings. The molecule has 1 aliphatic carbocycles. The van der Waals surface area contributed by atoms with Gasteiger partial charge in [-0.15, -0.1) is 0 Å². The first-order valence-corrected chi connectivity index (χ1v) is 6.17. The van der Waals surface area contributed by atoms with Crippen LogP contribution in [0.3, 0.4) is 0 Å². The van der Waals surface area contributed by atoms with Crippen molar-refractivity contribution in [2.45, 2.75) is 25.2 Å². The van der Waals surface area contributed by atoms with Gasteiger partial charge < -0.3 is 0 Å². The maximum absolute atomic E-state index is 12.4. The van der Waals surface area contributed by atoms with Gasteiger partial charge in [0.2, 0.25) is 9.05 Å². The van der Waals surface area contributed by atoms with Crippen LogP contribution in [0.2, 0.25) is 0 Å². The van der Waals surface area contributed by atoms with E-state index in [-0.39, 0.29) is 0 Å². The first-order chi connectivity index (χ1) is 6.06. The normalized spacial score (nSPS) is 33.9. The van der Waals surface area contributed by atoms with E-state index in [9.17, 15) is 26.0 Å². The van der Waals surface area contributed by atoms with Crippen LogP contribution in [0.15, 0.2) is 0 Å². The molecule has 1 aliphatic rings. The molecule has 0 bridgehead atoms. The zero-order valence-electron chi connectivity index (χ0n) is 6.81. The van der Waals surface area contributed by atoms with E-state index < -0.39 is 45.4 Å². The standard InChI is InChI=1S/C6H7ClF4O2S/c7-14(12,13)3-5(6(9,10)11)1-4(8)2-5/h4H,1-3H2. The fourth-order valence-electron chi connectivity index (χ4n) is 1.55. The van der Waals surface area contributed by atoms with Crippen molar-refractivity contribution in [3.05, 3.63) is 0 Å². The Kier molecular flexibility index (Phi) is 2.78. The Morgan fingerprint density at radius 2 is 1.79 bits per heavy atom. The Labute approximate surface area is 82.7 Å². The molecule has 0 N–H and O–H groups in total. The van der Waals surface area contributed by atoms with E-state index in [0.29, 0.717) is 0 Å². The van der Waals surface area contributed by atoms with Crippen LogP contribution in [-0.4, -0.2) is 26.5 Å². The molecule has 0 amide bonds. The molecule has 0 saturated heterocycles. The van der Waals surface area contributed by atoms with Crippen LogP contribution in [0, 0.1) is 5.41 Å². The Hall–Kier alpha value is -0.0400. The van der Waals surface area contributed by atoms with Crippen molar-refractivity contribution in [3.63, 3.8) is 0 Å². The second kappa shape index (κ2) is 3.23. The van der Waals surface area contributed by atoms with E-state index in [2.05, 4.69) is 0 Å². The van der Waals surface area contributed by atoms with Gasteiger partial charge in [-0.1, -0.05) is 0 Å². The molecule has 0 atom stereocenters. The average Bonchev–Trinajstić information content (AvgIpc) is 1.76. The molecule has 0 aliphatic heterocycles. The molecule has 0 aromatic heterocycles. The average molecular weight is 255 g/mol. The van der Waals surface area contributed by atoms with Crippen LogP contribution in [0.1, 0.15) is 12.8 Å². The summed E-state index contributed by atoms with van der Waals surface area (Å²) in [6.07, 6.45) is -7.95. The summed E-state index contributed by atoms with van der Waals surface area (Å²) >= 11 is 0. The van der Waals surface area contributed by atoms with Crippen molar-refractivity contribution >= 4 is 19.7 Å². The molecule has 0 aromatic rings. The second-order valence-electron chi connectivity index (χ2n) is 3.47. The van der Waals surface area contributed by atoms with Crippen LogP contribution in [0.25, 0.3) is 0 Å². The van der Waals surface area contributed by atoms with Crippen molar-refractivity contribution in [1.29, 1.82) is 0 Å². The molecule has 1 rings (SSSR count). The molecule has 0 spiro atoms. The van der Waals surface area contributed by atoms with E-state index in [1.165, 1.54) is 0 Å². The first kappa shape index (κ1) is 12.0. The lowest BCUT2D eigenvalue weighted by atomic mass is 9.68. The lowest BCUT2D eigenvalue weighted by molar-refractivity contribution is -0.254. The molecule has 0 radical (unpaired) electrons. The predicted molar refractivity (Wildman–Crippen MR) is 42.3 cm³/mol.